The first-order valence-electron chi connectivity index (χ1n) is 7.19. The third-order valence-corrected chi connectivity index (χ3v) is 4.63. The summed E-state index contributed by atoms with van der Waals surface area (Å²) >= 11 is 0. The van der Waals surface area contributed by atoms with E-state index in [1.165, 1.54) is 38.6 Å². The predicted octanol–water partition coefficient (Wildman–Crippen LogP) is 1.54. The average Bonchev–Trinajstić information content (AvgIpc) is 2.52. The summed E-state index contributed by atoms with van der Waals surface area (Å²) in [6, 6.07) is 3.13. The van der Waals surface area contributed by atoms with Crippen molar-refractivity contribution in [2.75, 3.05) is 27.7 Å². The van der Waals surface area contributed by atoms with Crippen molar-refractivity contribution in [3.8, 4) is 0 Å². The van der Waals surface area contributed by atoms with E-state index in [1.54, 1.807) is 0 Å². The van der Waals surface area contributed by atoms with Crippen molar-refractivity contribution in [2.45, 2.75) is 63.2 Å². The van der Waals surface area contributed by atoms with Crippen LogP contribution in [0.4, 0.5) is 0 Å². The molecule has 0 radical (unpaired) electrons. The van der Waals surface area contributed by atoms with E-state index < -0.39 is 0 Å². The molecule has 0 aromatic carbocycles. The summed E-state index contributed by atoms with van der Waals surface area (Å²) < 4.78 is 0. The highest BCUT2D eigenvalue weighted by Gasteiger charge is 2.38. The zero-order chi connectivity index (χ0) is 12.4. The van der Waals surface area contributed by atoms with E-state index in [-0.39, 0.29) is 0 Å². The van der Waals surface area contributed by atoms with Gasteiger partial charge >= 0.3 is 0 Å². The van der Waals surface area contributed by atoms with Gasteiger partial charge in [0.25, 0.3) is 0 Å². The fourth-order valence-electron chi connectivity index (χ4n) is 3.49. The molecule has 0 spiro atoms. The van der Waals surface area contributed by atoms with Gasteiger partial charge < -0.3 is 15.1 Å². The first kappa shape index (κ1) is 13.3. The van der Waals surface area contributed by atoms with Crippen molar-refractivity contribution in [3.63, 3.8) is 0 Å². The molecule has 1 N–H and O–H groups in total. The molecule has 2 heterocycles. The van der Waals surface area contributed by atoms with Crippen molar-refractivity contribution in [2.24, 2.45) is 0 Å². The molecular weight excluding hydrogens is 210 g/mol. The van der Waals surface area contributed by atoms with Crippen LogP contribution in [0.25, 0.3) is 0 Å². The van der Waals surface area contributed by atoms with Gasteiger partial charge in [0.05, 0.1) is 0 Å². The largest absolute Gasteiger partial charge is 0.311 e. The highest BCUT2D eigenvalue weighted by molar-refractivity contribution is 4.96. The Morgan fingerprint density at radius 2 is 1.82 bits per heavy atom. The Labute approximate surface area is 107 Å². The van der Waals surface area contributed by atoms with Crippen LogP contribution in [0.2, 0.25) is 0 Å². The number of hydrogen-bond donors (Lipinski definition) is 1. The summed E-state index contributed by atoms with van der Waals surface area (Å²) in [7, 11) is 6.62. The molecule has 0 saturated carbocycles. The number of fused-ring (bicyclic) bond motifs is 2. The molecule has 3 nitrogen and oxygen atoms in total. The molecule has 17 heavy (non-hydrogen) atoms. The molecule has 2 aliphatic heterocycles. The van der Waals surface area contributed by atoms with E-state index in [4.69, 9.17) is 0 Å². The third-order valence-electron chi connectivity index (χ3n) is 4.63. The molecule has 2 bridgehead atoms. The standard InChI is InChI=1S/C14H29N3/c1-11(7-8-16(2)3)15-12-9-13-5-6-14(10-12)17(13)4/h11-15H,5-10H2,1-4H3. The van der Waals surface area contributed by atoms with Crippen LogP contribution in [-0.2, 0) is 0 Å². The molecule has 100 valence electrons. The Kier molecular flexibility index (Phi) is 4.45. The van der Waals surface area contributed by atoms with Crippen LogP contribution in [0.15, 0.2) is 0 Å². The smallest absolute Gasteiger partial charge is 0.0111 e. The van der Waals surface area contributed by atoms with Crippen LogP contribution in [0, 0.1) is 0 Å². The molecule has 2 aliphatic rings. The van der Waals surface area contributed by atoms with Crippen LogP contribution in [0.3, 0.4) is 0 Å². The van der Waals surface area contributed by atoms with Gasteiger partial charge in [-0.15, -0.1) is 0 Å². The second-order valence-electron chi connectivity index (χ2n) is 6.38. The Morgan fingerprint density at radius 1 is 1.24 bits per heavy atom. The van der Waals surface area contributed by atoms with Crippen LogP contribution < -0.4 is 5.32 Å². The summed E-state index contributed by atoms with van der Waals surface area (Å²) in [6.45, 7) is 3.53. The Bertz CT molecular complexity index is 228. The van der Waals surface area contributed by atoms with Crippen molar-refractivity contribution < 1.29 is 0 Å². The van der Waals surface area contributed by atoms with Gasteiger partial charge in [-0.25, -0.2) is 0 Å². The maximum absolute atomic E-state index is 3.84. The number of nitrogens with one attached hydrogen (secondary N) is 1. The number of nitrogens with zero attached hydrogens (tertiary/aromatic N) is 2. The topological polar surface area (TPSA) is 18.5 Å². The van der Waals surface area contributed by atoms with Crippen molar-refractivity contribution in [1.82, 2.24) is 15.1 Å². The van der Waals surface area contributed by atoms with E-state index >= 15 is 0 Å². The molecule has 3 heteroatoms. The monoisotopic (exact) mass is 239 g/mol. The highest BCUT2D eigenvalue weighted by Crippen LogP contribution is 2.34. The van der Waals surface area contributed by atoms with Crippen LogP contribution >= 0.6 is 0 Å². The molecule has 2 rings (SSSR count). The fraction of sp³-hybridized carbons (Fsp3) is 1.00. The van der Waals surface area contributed by atoms with E-state index in [2.05, 4.69) is 43.2 Å². The lowest BCUT2D eigenvalue weighted by atomic mass is 9.97. The lowest BCUT2D eigenvalue weighted by Gasteiger charge is -2.38. The maximum Gasteiger partial charge on any atom is 0.0111 e. The molecule has 0 aromatic rings. The number of hydrogen-bond acceptors (Lipinski definition) is 3. The lowest BCUT2D eigenvalue weighted by molar-refractivity contribution is 0.142. The SMILES string of the molecule is CC(CCN(C)C)NC1CC2CCC(C1)N2C. The minimum absolute atomic E-state index is 0.658. The van der Waals surface area contributed by atoms with Gasteiger partial charge in [0.15, 0.2) is 0 Å². The summed E-state index contributed by atoms with van der Waals surface area (Å²) in [4.78, 5) is 4.89. The second-order valence-corrected chi connectivity index (χ2v) is 6.38. The molecule has 2 saturated heterocycles. The van der Waals surface area contributed by atoms with Crippen LogP contribution in [0.1, 0.15) is 39.0 Å². The molecule has 2 fully saturated rings. The first-order chi connectivity index (χ1) is 8.06. The van der Waals surface area contributed by atoms with Crippen LogP contribution in [0.5, 0.6) is 0 Å². The normalized spacial score (nSPS) is 35.5. The van der Waals surface area contributed by atoms with Crippen molar-refractivity contribution >= 4 is 0 Å². The minimum atomic E-state index is 0.658. The summed E-state index contributed by atoms with van der Waals surface area (Å²) in [5.41, 5.74) is 0. The molecular formula is C14H29N3. The lowest BCUT2D eigenvalue weighted by Crippen LogP contribution is -2.49. The van der Waals surface area contributed by atoms with Gasteiger partial charge in [-0.1, -0.05) is 0 Å². The first-order valence-corrected chi connectivity index (χ1v) is 7.19. The zero-order valence-corrected chi connectivity index (χ0v) is 11.9. The number of piperidine rings is 1. The van der Waals surface area contributed by atoms with Gasteiger partial charge in [-0.2, -0.15) is 0 Å². The highest BCUT2D eigenvalue weighted by atomic mass is 15.2. The van der Waals surface area contributed by atoms with Crippen molar-refractivity contribution in [1.29, 1.82) is 0 Å². The zero-order valence-electron chi connectivity index (χ0n) is 11.9. The molecule has 0 amide bonds. The van der Waals surface area contributed by atoms with E-state index in [0.717, 1.165) is 18.1 Å². The van der Waals surface area contributed by atoms with Crippen molar-refractivity contribution in [3.05, 3.63) is 0 Å². The fourth-order valence-corrected chi connectivity index (χ4v) is 3.49. The molecule has 0 aliphatic carbocycles. The van der Waals surface area contributed by atoms with Gasteiger partial charge in [-0.3, -0.25) is 0 Å². The van der Waals surface area contributed by atoms with Gasteiger partial charge in [0, 0.05) is 24.2 Å². The van der Waals surface area contributed by atoms with Crippen LogP contribution in [-0.4, -0.2) is 61.7 Å². The summed E-state index contributed by atoms with van der Waals surface area (Å²) in [6.07, 6.45) is 6.82. The molecule has 0 aromatic heterocycles. The molecule has 3 atom stereocenters. The average molecular weight is 239 g/mol. The Morgan fingerprint density at radius 3 is 2.35 bits per heavy atom. The number of rotatable bonds is 5. The Hall–Kier alpha value is -0.120. The Balaban J connectivity index is 1.73. The van der Waals surface area contributed by atoms with Gasteiger partial charge in [0.2, 0.25) is 0 Å². The summed E-state index contributed by atoms with van der Waals surface area (Å²) in [5, 5.41) is 3.84. The van der Waals surface area contributed by atoms with E-state index in [0.29, 0.717) is 6.04 Å². The maximum atomic E-state index is 3.84. The minimum Gasteiger partial charge on any atom is -0.311 e. The third kappa shape index (κ3) is 3.43. The molecule has 3 unspecified atom stereocenters. The van der Waals surface area contributed by atoms with E-state index in [1.807, 2.05) is 0 Å². The predicted molar refractivity (Wildman–Crippen MR) is 73.4 cm³/mol. The quantitative estimate of drug-likeness (QED) is 0.785. The second kappa shape index (κ2) is 5.68. The van der Waals surface area contributed by atoms with Gasteiger partial charge in [0.1, 0.15) is 0 Å². The van der Waals surface area contributed by atoms with Gasteiger partial charge in [-0.05, 0) is 66.7 Å². The summed E-state index contributed by atoms with van der Waals surface area (Å²) in [5.74, 6) is 0. The van der Waals surface area contributed by atoms with E-state index in [9.17, 15) is 0 Å².